The van der Waals surface area contributed by atoms with E-state index in [0.29, 0.717) is 5.56 Å². The highest BCUT2D eigenvalue weighted by Crippen LogP contribution is 2.22. The van der Waals surface area contributed by atoms with Crippen molar-refractivity contribution in [2.24, 2.45) is 0 Å². The first-order chi connectivity index (χ1) is 18.0. The number of carbonyl (C=O) groups excluding carboxylic acids is 3. The molecule has 1 N–H and O–H groups in total. The molecular formula is C29H33N3O5S. The lowest BCUT2D eigenvalue weighted by atomic mass is 10.0. The number of benzene rings is 3. The van der Waals surface area contributed by atoms with Crippen LogP contribution in [-0.2, 0) is 32.6 Å². The molecule has 0 spiro atoms. The Morgan fingerprint density at radius 2 is 1.55 bits per heavy atom. The molecule has 38 heavy (non-hydrogen) atoms. The fourth-order valence-corrected chi connectivity index (χ4v) is 4.95. The Balaban J connectivity index is 2.03. The maximum absolute atomic E-state index is 13.9. The number of rotatable bonds is 11. The van der Waals surface area contributed by atoms with Crippen molar-refractivity contribution < 1.29 is 22.8 Å². The summed E-state index contributed by atoms with van der Waals surface area (Å²) in [6.07, 6.45) is 1.25. The van der Waals surface area contributed by atoms with E-state index < -0.39 is 28.5 Å². The van der Waals surface area contributed by atoms with Gasteiger partial charge in [-0.2, -0.15) is 0 Å². The summed E-state index contributed by atoms with van der Waals surface area (Å²) < 4.78 is 26.6. The second-order valence-corrected chi connectivity index (χ2v) is 11.1. The molecule has 8 nitrogen and oxygen atoms in total. The van der Waals surface area contributed by atoms with E-state index in [1.165, 1.54) is 31.0 Å². The number of aryl methyl sites for hydroxylation is 1. The average Bonchev–Trinajstić information content (AvgIpc) is 2.89. The van der Waals surface area contributed by atoms with Gasteiger partial charge in [-0.1, -0.05) is 72.3 Å². The highest BCUT2D eigenvalue weighted by atomic mass is 32.2. The van der Waals surface area contributed by atoms with Crippen LogP contribution in [0.4, 0.5) is 5.69 Å². The van der Waals surface area contributed by atoms with Gasteiger partial charge in [0.2, 0.25) is 21.8 Å². The van der Waals surface area contributed by atoms with Gasteiger partial charge in [0.1, 0.15) is 12.6 Å². The molecule has 3 rings (SSSR count). The highest BCUT2D eigenvalue weighted by molar-refractivity contribution is 7.92. The molecule has 0 aliphatic carbocycles. The van der Waals surface area contributed by atoms with Gasteiger partial charge in [0.25, 0.3) is 0 Å². The predicted octanol–water partition coefficient (Wildman–Crippen LogP) is 3.35. The third kappa shape index (κ3) is 7.52. The molecule has 0 heterocycles. The number of sulfonamides is 1. The van der Waals surface area contributed by atoms with Crippen molar-refractivity contribution in [2.75, 3.05) is 24.2 Å². The quantitative estimate of drug-likeness (QED) is 0.379. The SMILES string of the molecule is CNC(=O)[C@H](Cc1ccccc1)N(Cc1ccc(C)cc1)C(=O)CN(c1cccc(C(C)=O)c1)S(C)(=O)=O. The van der Waals surface area contributed by atoms with Crippen LogP contribution in [-0.4, -0.2) is 56.8 Å². The fraction of sp³-hybridized carbons (Fsp3) is 0.276. The standard InChI is InChI=1S/C29H33N3O5S/c1-21-13-15-24(16-14-21)19-31(27(29(35)30-3)17-23-9-6-5-7-10-23)28(34)20-32(38(4,36)37)26-12-8-11-25(18-26)22(2)33/h5-16,18,27H,17,19-20H2,1-4H3,(H,30,35)/t27-/m0/s1. The number of nitrogens with one attached hydrogen (secondary N) is 1. The molecule has 0 saturated carbocycles. The summed E-state index contributed by atoms with van der Waals surface area (Å²) in [5.74, 6) is -1.14. The number of hydrogen-bond donors (Lipinski definition) is 1. The van der Waals surface area contributed by atoms with Crippen LogP contribution in [0, 0.1) is 6.92 Å². The zero-order valence-electron chi connectivity index (χ0n) is 22.0. The number of amides is 2. The van der Waals surface area contributed by atoms with Gasteiger partial charge in [0.15, 0.2) is 5.78 Å². The largest absolute Gasteiger partial charge is 0.357 e. The molecule has 0 bridgehead atoms. The first-order valence-corrected chi connectivity index (χ1v) is 14.0. The lowest BCUT2D eigenvalue weighted by Gasteiger charge is -2.33. The van der Waals surface area contributed by atoms with Crippen LogP contribution < -0.4 is 9.62 Å². The molecule has 9 heteroatoms. The average molecular weight is 536 g/mol. The van der Waals surface area contributed by atoms with Crippen molar-refractivity contribution in [1.82, 2.24) is 10.2 Å². The molecule has 0 aliphatic rings. The number of hydrogen-bond acceptors (Lipinski definition) is 5. The second kappa shape index (κ2) is 12.5. The van der Waals surface area contributed by atoms with Crippen LogP contribution >= 0.6 is 0 Å². The lowest BCUT2D eigenvalue weighted by Crippen LogP contribution is -2.52. The number of ketones is 1. The van der Waals surface area contributed by atoms with Gasteiger partial charge in [0, 0.05) is 25.6 Å². The smallest absolute Gasteiger partial charge is 0.244 e. The first kappa shape index (κ1) is 28.6. The Morgan fingerprint density at radius 3 is 2.13 bits per heavy atom. The molecule has 0 radical (unpaired) electrons. The van der Waals surface area contributed by atoms with E-state index in [0.717, 1.165) is 27.3 Å². The van der Waals surface area contributed by atoms with Crippen LogP contribution in [0.15, 0.2) is 78.9 Å². The molecule has 3 aromatic rings. The molecule has 200 valence electrons. The maximum atomic E-state index is 13.9. The zero-order chi connectivity index (χ0) is 27.9. The number of nitrogens with zero attached hydrogens (tertiary/aromatic N) is 2. The molecule has 3 aromatic carbocycles. The van der Waals surface area contributed by atoms with Crippen LogP contribution in [0.2, 0.25) is 0 Å². The summed E-state index contributed by atoms with van der Waals surface area (Å²) in [5, 5.41) is 2.65. The molecule has 0 aromatic heterocycles. The normalized spacial score (nSPS) is 11.9. The summed E-state index contributed by atoms with van der Waals surface area (Å²) in [7, 11) is -2.40. The molecule has 0 fully saturated rings. The van der Waals surface area contributed by atoms with Crippen molar-refractivity contribution in [3.05, 3.63) is 101 Å². The minimum atomic E-state index is -3.90. The van der Waals surface area contributed by atoms with Crippen molar-refractivity contribution in [1.29, 1.82) is 0 Å². The molecule has 2 amide bonds. The Hall–Kier alpha value is -3.98. The Morgan fingerprint density at radius 1 is 0.895 bits per heavy atom. The monoisotopic (exact) mass is 535 g/mol. The zero-order valence-corrected chi connectivity index (χ0v) is 22.9. The second-order valence-electron chi connectivity index (χ2n) is 9.20. The highest BCUT2D eigenvalue weighted by Gasteiger charge is 2.32. The van der Waals surface area contributed by atoms with Crippen molar-refractivity contribution in [2.45, 2.75) is 32.9 Å². The molecule has 0 saturated heterocycles. The number of Topliss-reactive ketones (excluding diaryl/α,β-unsaturated/α-hetero) is 1. The lowest BCUT2D eigenvalue weighted by molar-refractivity contribution is -0.139. The van der Waals surface area contributed by atoms with E-state index in [1.807, 2.05) is 61.5 Å². The van der Waals surface area contributed by atoms with Gasteiger partial charge in [-0.15, -0.1) is 0 Å². The number of likely N-dealkylation sites (N-methyl/N-ethyl adjacent to an activating group) is 1. The van der Waals surface area contributed by atoms with E-state index in [1.54, 1.807) is 12.1 Å². The number of carbonyl (C=O) groups is 3. The minimum absolute atomic E-state index is 0.106. The van der Waals surface area contributed by atoms with E-state index in [2.05, 4.69) is 5.32 Å². The summed E-state index contributed by atoms with van der Waals surface area (Å²) in [4.78, 5) is 40.3. The molecule has 0 unspecified atom stereocenters. The molecular weight excluding hydrogens is 502 g/mol. The van der Waals surface area contributed by atoms with Crippen molar-refractivity contribution in [3.8, 4) is 0 Å². The van der Waals surface area contributed by atoms with Crippen molar-refractivity contribution in [3.63, 3.8) is 0 Å². The number of anilines is 1. The third-order valence-electron chi connectivity index (χ3n) is 6.21. The van der Waals surface area contributed by atoms with Gasteiger partial charge in [-0.05, 0) is 37.1 Å². The Bertz CT molecular complexity index is 1390. The fourth-order valence-electron chi connectivity index (χ4n) is 4.10. The van der Waals surface area contributed by atoms with Crippen LogP contribution in [0.1, 0.15) is 34.0 Å². The van der Waals surface area contributed by atoms with E-state index in [-0.39, 0.29) is 30.3 Å². The van der Waals surface area contributed by atoms with Gasteiger partial charge in [-0.3, -0.25) is 18.7 Å². The van der Waals surface area contributed by atoms with Gasteiger partial charge in [-0.25, -0.2) is 8.42 Å². The predicted molar refractivity (Wildman–Crippen MR) is 148 cm³/mol. The first-order valence-electron chi connectivity index (χ1n) is 12.2. The van der Waals surface area contributed by atoms with Crippen LogP contribution in [0.25, 0.3) is 0 Å². The van der Waals surface area contributed by atoms with Crippen LogP contribution in [0.5, 0.6) is 0 Å². The third-order valence-corrected chi connectivity index (χ3v) is 7.35. The summed E-state index contributed by atoms with van der Waals surface area (Å²) in [5.41, 5.74) is 3.23. The van der Waals surface area contributed by atoms with Gasteiger partial charge >= 0.3 is 0 Å². The van der Waals surface area contributed by atoms with E-state index in [9.17, 15) is 22.8 Å². The van der Waals surface area contributed by atoms with Crippen LogP contribution in [0.3, 0.4) is 0 Å². The maximum Gasteiger partial charge on any atom is 0.244 e. The van der Waals surface area contributed by atoms with E-state index >= 15 is 0 Å². The summed E-state index contributed by atoms with van der Waals surface area (Å²) >= 11 is 0. The summed E-state index contributed by atoms with van der Waals surface area (Å²) in [6.45, 7) is 2.91. The topological polar surface area (TPSA) is 104 Å². The Labute approximate surface area is 224 Å². The minimum Gasteiger partial charge on any atom is -0.357 e. The van der Waals surface area contributed by atoms with E-state index in [4.69, 9.17) is 0 Å². The molecule has 0 aliphatic heterocycles. The van der Waals surface area contributed by atoms with Gasteiger partial charge in [0.05, 0.1) is 11.9 Å². The summed E-state index contributed by atoms with van der Waals surface area (Å²) in [6, 6.07) is 22.2. The molecule has 1 atom stereocenters. The van der Waals surface area contributed by atoms with Crippen molar-refractivity contribution >= 4 is 33.3 Å². The van der Waals surface area contributed by atoms with Gasteiger partial charge < -0.3 is 10.2 Å². The Kier molecular flexibility index (Phi) is 9.41.